The van der Waals surface area contributed by atoms with E-state index in [9.17, 15) is 24.3 Å². The molecule has 5 rings (SSSR count). The normalized spacial score (nSPS) is 25.3. The van der Waals surface area contributed by atoms with Crippen LogP contribution < -0.4 is 9.80 Å². The van der Waals surface area contributed by atoms with Gasteiger partial charge in [-0.25, -0.2) is 0 Å². The number of ether oxygens (including phenoxy) is 2. The molecule has 1 spiro atoms. The average Bonchev–Trinajstić information content (AvgIpc) is 3.63. The third kappa shape index (κ3) is 6.06. The predicted octanol–water partition coefficient (Wildman–Crippen LogP) is 2.91. The third-order valence-electron chi connectivity index (χ3n) is 9.44. The molecule has 1 aromatic carbocycles. The number of fused-ring (bicyclic) bond motifs is 2. The summed E-state index contributed by atoms with van der Waals surface area (Å²) in [6.45, 7) is 7.30. The van der Waals surface area contributed by atoms with E-state index in [-0.39, 0.29) is 42.3 Å². The Balaban J connectivity index is 1.49. The molecule has 2 aromatic rings. The highest BCUT2D eigenvalue weighted by Gasteiger charge is 2.66. The molecule has 4 heterocycles. The van der Waals surface area contributed by atoms with Gasteiger partial charge in [-0.15, -0.1) is 5.10 Å². The molecule has 1 aromatic heterocycles. The van der Waals surface area contributed by atoms with Crippen molar-refractivity contribution in [3.05, 3.63) is 35.7 Å². The largest absolute Gasteiger partial charge is 0.469 e. The average molecular weight is 628 g/mol. The van der Waals surface area contributed by atoms with E-state index in [4.69, 9.17) is 9.47 Å². The number of aromatic nitrogens is 3. The lowest BCUT2D eigenvalue weighted by Crippen LogP contribution is -2.46. The van der Waals surface area contributed by atoms with Crippen LogP contribution in [0.4, 0.5) is 11.4 Å². The lowest BCUT2D eigenvalue weighted by Gasteiger charge is -2.33. The second-order valence-corrected chi connectivity index (χ2v) is 16.8. The summed E-state index contributed by atoms with van der Waals surface area (Å²) in [7, 11) is -1.49. The van der Waals surface area contributed by atoms with Gasteiger partial charge in [-0.3, -0.25) is 19.1 Å². The van der Waals surface area contributed by atoms with Crippen LogP contribution >= 0.6 is 0 Å². The lowest BCUT2D eigenvalue weighted by atomic mass is 9.82. The Bertz CT molecular complexity index is 1380. The summed E-state index contributed by atoms with van der Waals surface area (Å²) in [6, 6.07) is 5.77. The van der Waals surface area contributed by atoms with E-state index < -0.39 is 20.0 Å². The molecule has 0 aliphatic carbocycles. The monoisotopic (exact) mass is 627 g/mol. The van der Waals surface area contributed by atoms with Crippen LogP contribution in [-0.2, 0) is 42.4 Å². The fourth-order valence-electron chi connectivity index (χ4n) is 7.38. The van der Waals surface area contributed by atoms with Crippen molar-refractivity contribution in [2.24, 2.45) is 5.92 Å². The number of unbranched alkanes of at least 4 members (excludes halogenated alkanes) is 1. The Labute approximate surface area is 259 Å². The number of aliphatic hydroxyl groups excluding tert-OH is 1. The number of esters is 1. The molecule has 2 N–H and O–H groups in total. The number of hydrogen-bond acceptors (Lipinski definition) is 9. The summed E-state index contributed by atoms with van der Waals surface area (Å²) in [5, 5.41) is 17.6. The van der Waals surface area contributed by atoms with E-state index in [1.54, 1.807) is 20.7 Å². The van der Waals surface area contributed by atoms with E-state index in [2.05, 4.69) is 10.3 Å². The summed E-state index contributed by atoms with van der Waals surface area (Å²) in [6.07, 6.45) is 6.06. The second-order valence-electron chi connectivity index (χ2n) is 12.8. The first kappa shape index (κ1) is 32.3. The minimum atomic E-state index is -2.86. The number of amides is 2. The van der Waals surface area contributed by atoms with Crippen LogP contribution in [0.5, 0.6) is 0 Å². The molecule has 240 valence electrons. The SMILES string of the molecule is COC(=O)CCCCN1C(=O)[C@@]2(O[C@@H](CCn3cc(CCO)nn3)[C@H]([Si](C)(C)O)[C@H]2C)c2cc(N3CCCCC3=O)ccc21. The standard InChI is InChI=1S/C31H45N5O7Si/c1-21-29(44(3,4)41)26(13-17-34-20-22(14-18-37)32-33-34)43-31(21)24-19-23(35-15-7-5-9-27(35)38)11-12-25(24)36(30(31)40)16-8-6-10-28(39)42-2/h11-12,19-21,26,29,37,41H,5-10,13-18H2,1-4H3/t21-,26+,29-,31+/m1/s1. The Morgan fingerprint density at radius 3 is 2.70 bits per heavy atom. The number of aryl methyl sites for hydroxylation is 1. The molecule has 12 nitrogen and oxygen atoms in total. The van der Waals surface area contributed by atoms with Crippen molar-refractivity contribution in [2.75, 3.05) is 36.6 Å². The zero-order valence-corrected chi connectivity index (χ0v) is 27.2. The maximum Gasteiger partial charge on any atom is 0.305 e. The second kappa shape index (κ2) is 13.1. The van der Waals surface area contributed by atoms with Gasteiger partial charge in [0, 0.05) is 74.4 Å². The first-order chi connectivity index (χ1) is 21.0. The van der Waals surface area contributed by atoms with Crippen LogP contribution in [0.25, 0.3) is 0 Å². The number of rotatable bonds is 12. The molecule has 2 fully saturated rings. The third-order valence-corrected chi connectivity index (χ3v) is 11.9. The molecular formula is C31H45N5O7Si. The number of carbonyl (C=O) groups excluding carboxylic acids is 3. The molecule has 4 atom stereocenters. The fraction of sp³-hybridized carbons (Fsp3) is 0.645. The molecule has 0 bridgehead atoms. The van der Waals surface area contributed by atoms with Crippen LogP contribution in [0.15, 0.2) is 24.4 Å². The molecule has 44 heavy (non-hydrogen) atoms. The smallest absolute Gasteiger partial charge is 0.305 e. The quantitative estimate of drug-likeness (QED) is 0.206. The van der Waals surface area contributed by atoms with Gasteiger partial charge in [0.2, 0.25) is 5.91 Å². The van der Waals surface area contributed by atoms with Crippen molar-refractivity contribution in [1.82, 2.24) is 15.0 Å². The molecule has 3 aliphatic heterocycles. The molecule has 3 aliphatic rings. The first-order valence-electron chi connectivity index (χ1n) is 15.7. The number of hydrogen-bond donors (Lipinski definition) is 2. The maximum absolute atomic E-state index is 14.6. The maximum atomic E-state index is 14.6. The summed E-state index contributed by atoms with van der Waals surface area (Å²) in [4.78, 5) is 54.3. The number of aliphatic hydroxyl groups is 1. The first-order valence-corrected chi connectivity index (χ1v) is 18.8. The molecule has 2 saturated heterocycles. The van der Waals surface area contributed by atoms with E-state index in [1.165, 1.54) is 7.11 Å². The van der Waals surface area contributed by atoms with Gasteiger partial charge in [0.15, 0.2) is 13.9 Å². The molecular weight excluding hydrogens is 582 g/mol. The zero-order chi connectivity index (χ0) is 31.6. The molecule has 0 unspecified atom stereocenters. The van der Waals surface area contributed by atoms with Crippen molar-refractivity contribution < 1.29 is 33.8 Å². The van der Waals surface area contributed by atoms with Crippen LogP contribution in [0.1, 0.15) is 63.1 Å². The Morgan fingerprint density at radius 1 is 1.20 bits per heavy atom. The Kier molecular flexibility index (Phi) is 9.59. The van der Waals surface area contributed by atoms with Crippen molar-refractivity contribution >= 4 is 37.5 Å². The zero-order valence-electron chi connectivity index (χ0n) is 26.2. The van der Waals surface area contributed by atoms with Gasteiger partial charge in [0.1, 0.15) is 0 Å². The highest BCUT2D eigenvalue weighted by atomic mass is 28.4. The van der Waals surface area contributed by atoms with Gasteiger partial charge in [0.25, 0.3) is 5.91 Å². The summed E-state index contributed by atoms with van der Waals surface area (Å²) in [5.74, 6) is -0.715. The fourth-order valence-corrected chi connectivity index (χ4v) is 9.98. The summed E-state index contributed by atoms with van der Waals surface area (Å²) >= 11 is 0. The van der Waals surface area contributed by atoms with Gasteiger partial charge in [-0.2, -0.15) is 0 Å². The number of anilines is 2. The van der Waals surface area contributed by atoms with Gasteiger partial charge < -0.3 is 29.2 Å². The van der Waals surface area contributed by atoms with Gasteiger partial charge in [0.05, 0.1) is 24.6 Å². The number of piperidine rings is 1. The van der Waals surface area contributed by atoms with Gasteiger partial charge in [-0.05, 0) is 63.4 Å². The predicted molar refractivity (Wildman–Crippen MR) is 165 cm³/mol. The van der Waals surface area contributed by atoms with Crippen molar-refractivity contribution in [3.63, 3.8) is 0 Å². The van der Waals surface area contributed by atoms with Crippen LogP contribution in [0, 0.1) is 5.92 Å². The molecule has 2 amide bonds. The summed E-state index contributed by atoms with van der Waals surface area (Å²) < 4.78 is 13.4. The van der Waals surface area contributed by atoms with E-state index in [1.807, 2.05) is 38.2 Å². The molecule has 13 heteroatoms. The van der Waals surface area contributed by atoms with Gasteiger partial charge in [-0.1, -0.05) is 12.1 Å². The van der Waals surface area contributed by atoms with Crippen molar-refractivity contribution in [1.29, 1.82) is 0 Å². The van der Waals surface area contributed by atoms with E-state index in [0.717, 1.165) is 29.8 Å². The number of nitrogens with zero attached hydrogens (tertiary/aromatic N) is 5. The topological polar surface area (TPSA) is 147 Å². The molecule has 0 saturated carbocycles. The van der Waals surface area contributed by atoms with E-state index >= 15 is 0 Å². The minimum Gasteiger partial charge on any atom is -0.469 e. The van der Waals surface area contributed by atoms with Crippen molar-refractivity contribution in [3.8, 4) is 0 Å². The highest BCUT2D eigenvalue weighted by Crippen LogP contribution is 2.60. The van der Waals surface area contributed by atoms with Crippen LogP contribution in [0.3, 0.4) is 0 Å². The number of benzene rings is 1. The van der Waals surface area contributed by atoms with Crippen LogP contribution in [-0.4, -0.2) is 83.9 Å². The Morgan fingerprint density at radius 2 is 2.00 bits per heavy atom. The Hall–Kier alpha value is -3.13. The minimum absolute atomic E-state index is 0.0113. The molecule has 0 radical (unpaired) electrons. The number of carbonyl (C=O) groups is 3. The number of methoxy groups -OCH3 is 1. The van der Waals surface area contributed by atoms with Crippen LogP contribution in [0.2, 0.25) is 18.6 Å². The van der Waals surface area contributed by atoms with Crippen molar-refractivity contribution in [2.45, 2.75) is 95.2 Å². The van der Waals surface area contributed by atoms with Gasteiger partial charge >= 0.3 is 5.97 Å². The lowest BCUT2D eigenvalue weighted by molar-refractivity contribution is -0.146. The van der Waals surface area contributed by atoms with E-state index in [0.29, 0.717) is 57.4 Å². The highest BCUT2D eigenvalue weighted by molar-refractivity contribution is 6.71. The summed E-state index contributed by atoms with van der Waals surface area (Å²) in [5.41, 5.74) is 1.35.